The highest BCUT2D eigenvalue weighted by Gasteiger charge is 2.21. The maximum Gasteiger partial charge on any atom is 0.224 e. The van der Waals surface area contributed by atoms with Gasteiger partial charge in [-0.25, -0.2) is 0 Å². The van der Waals surface area contributed by atoms with Crippen LogP contribution in [0.25, 0.3) is 0 Å². The molecule has 0 spiro atoms. The smallest absolute Gasteiger partial charge is 0.224 e. The Morgan fingerprint density at radius 3 is 2.70 bits per heavy atom. The van der Waals surface area contributed by atoms with E-state index in [1.54, 1.807) is 0 Å². The topological polar surface area (TPSA) is 32.3 Å². The Morgan fingerprint density at radius 1 is 1.35 bits per heavy atom. The van der Waals surface area contributed by atoms with Crippen LogP contribution in [-0.4, -0.2) is 29.9 Å². The van der Waals surface area contributed by atoms with E-state index in [1.165, 1.54) is 12.0 Å². The predicted molar refractivity (Wildman–Crippen MR) is 85.0 cm³/mol. The van der Waals surface area contributed by atoms with E-state index in [9.17, 15) is 4.79 Å². The molecule has 1 saturated heterocycles. The third-order valence-corrected chi connectivity index (χ3v) is 3.65. The fourth-order valence-electron chi connectivity index (χ4n) is 2.64. The van der Waals surface area contributed by atoms with Crippen molar-refractivity contribution in [1.82, 2.24) is 10.2 Å². The summed E-state index contributed by atoms with van der Waals surface area (Å²) in [4.78, 5) is 14.4. The highest BCUT2D eigenvalue weighted by Crippen LogP contribution is 2.13. The van der Waals surface area contributed by atoms with E-state index in [0.717, 1.165) is 32.5 Å². The van der Waals surface area contributed by atoms with Gasteiger partial charge in [-0.1, -0.05) is 37.3 Å². The molecule has 2 rings (SSSR count). The first-order valence-corrected chi connectivity index (χ1v) is 7.34. The highest BCUT2D eigenvalue weighted by atomic mass is 35.5. The van der Waals surface area contributed by atoms with Crippen LogP contribution in [0.15, 0.2) is 30.3 Å². The average molecular weight is 297 g/mol. The number of nitrogens with zero attached hydrogens (tertiary/aromatic N) is 1. The van der Waals surface area contributed by atoms with Crippen LogP contribution in [-0.2, 0) is 11.3 Å². The van der Waals surface area contributed by atoms with Crippen molar-refractivity contribution in [2.75, 3.05) is 13.1 Å². The van der Waals surface area contributed by atoms with Crippen LogP contribution in [0.5, 0.6) is 0 Å². The molecule has 3 nitrogen and oxygen atoms in total. The molecule has 1 fully saturated rings. The minimum absolute atomic E-state index is 0. The van der Waals surface area contributed by atoms with Gasteiger partial charge in [0.1, 0.15) is 0 Å². The molecule has 1 aliphatic rings. The molecule has 0 bridgehead atoms. The molecule has 112 valence electrons. The van der Waals surface area contributed by atoms with E-state index < -0.39 is 0 Å². The van der Waals surface area contributed by atoms with Gasteiger partial charge in [0.05, 0.1) is 0 Å². The normalized spacial score (nSPS) is 17.6. The van der Waals surface area contributed by atoms with Crippen LogP contribution in [0.3, 0.4) is 0 Å². The lowest BCUT2D eigenvalue weighted by Crippen LogP contribution is -2.36. The number of amides is 1. The first-order valence-electron chi connectivity index (χ1n) is 7.34. The second kappa shape index (κ2) is 8.98. The number of hydrogen-bond acceptors (Lipinski definition) is 2. The largest absolute Gasteiger partial charge is 0.338 e. The molecule has 0 aliphatic carbocycles. The second-order valence-electron chi connectivity index (χ2n) is 5.30. The van der Waals surface area contributed by atoms with Gasteiger partial charge in [0.25, 0.3) is 0 Å². The number of carbonyl (C=O) groups excluding carboxylic acids is 1. The first-order chi connectivity index (χ1) is 9.29. The molecule has 1 unspecified atom stereocenters. The number of rotatable bonds is 6. The van der Waals surface area contributed by atoms with Crippen molar-refractivity contribution in [3.05, 3.63) is 35.9 Å². The van der Waals surface area contributed by atoms with Gasteiger partial charge >= 0.3 is 0 Å². The van der Waals surface area contributed by atoms with Gasteiger partial charge in [0, 0.05) is 25.6 Å². The first kappa shape index (κ1) is 17.0. The third-order valence-electron chi connectivity index (χ3n) is 3.65. The van der Waals surface area contributed by atoms with Gasteiger partial charge in [-0.15, -0.1) is 12.4 Å². The summed E-state index contributed by atoms with van der Waals surface area (Å²) in [6.07, 6.45) is 3.99. The van der Waals surface area contributed by atoms with Gasteiger partial charge in [0.15, 0.2) is 0 Å². The number of hydrogen-bond donors (Lipinski definition) is 1. The number of nitrogens with one attached hydrogen (secondary N) is 1. The minimum Gasteiger partial charge on any atom is -0.338 e. The Bertz CT molecular complexity index is 391. The molecule has 0 aromatic heterocycles. The van der Waals surface area contributed by atoms with Crippen molar-refractivity contribution >= 4 is 18.3 Å². The fraction of sp³-hybridized carbons (Fsp3) is 0.562. The zero-order valence-electron chi connectivity index (χ0n) is 12.2. The summed E-state index contributed by atoms with van der Waals surface area (Å²) < 4.78 is 0. The highest BCUT2D eigenvalue weighted by molar-refractivity contribution is 5.85. The predicted octanol–water partition coefficient (Wildman–Crippen LogP) is 2.99. The molecule has 1 aromatic rings. The molecule has 1 atom stereocenters. The summed E-state index contributed by atoms with van der Waals surface area (Å²) >= 11 is 0. The molecule has 1 aromatic carbocycles. The Balaban J connectivity index is 0.00000200. The molecule has 1 amide bonds. The van der Waals surface area contributed by atoms with Crippen molar-refractivity contribution in [2.45, 2.75) is 45.2 Å². The lowest BCUT2D eigenvalue weighted by Gasteiger charge is -2.24. The number of halogens is 1. The molecule has 0 saturated carbocycles. The molecule has 1 heterocycles. The fourth-order valence-corrected chi connectivity index (χ4v) is 2.64. The monoisotopic (exact) mass is 296 g/mol. The molecule has 4 heteroatoms. The molecule has 0 radical (unpaired) electrons. The summed E-state index contributed by atoms with van der Waals surface area (Å²) in [6, 6.07) is 10.6. The van der Waals surface area contributed by atoms with E-state index >= 15 is 0 Å². The zero-order chi connectivity index (χ0) is 13.5. The van der Waals surface area contributed by atoms with Crippen LogP contribution >= 0.6 is 12.4 Å². The molecule has 1 aliphatic heterocycles. The van der Waals surface area contributed by atoms with E-state index in [2.05, 4.69) is 24.4 Å². The van der Waals surface area contributed by atoms with Gasteiger partial charge in [0.2, 0.25) is 5.91 Å². The van der Waals surface area contributed by atoms with Gasteiger partial charge < -0.3 is 10.2 Å². The van der Waals surface area contributed by atoms with E-state index in [1.807, 2.05) is 23.1 Å². The summed E-state index contributed by atoms with van der Waals surface area (Å²) in [5, 5.41) is 3.40. The molecular formula is C16H25ClN2O. The second-order valence-corrected chi connectivity index (χ2v) is 5.30. The minimum atomic E-state index is 0. The SMILES string of the molecule is CCCN(Cc1ccccc1)C(=O)CC1CCCN1.Cl. The Labute approximate surface area is 128 Å². The van der Waals surface area contributed by atoms with E-state index in [4.69, 9.17) is 0 Å². The van der Waals surface area contributed by atoms with Crippen molar-refractivity contribution in [3.8, 4) is 0 Å². The van der Waals surface area contributed by atoms with Crippen molar-refractivity contribution < 1.29 is 4.79 Å². The standard InChI is InChI=1S/C16H24N2O.ClH/c1-2-11-18(13-14-7-4-3-5-8-14)16(19)12-15-9-6-10-17-15;/h3-5,7-8,15,17H,2,6,9-13H2,1H3;1H. The van der Waals surface area contributed by atoms with Gasteiger partial charge in [-0.05, 0) is 31.4 Å². The van der Waals surface area contributed by atoms with Crippen molar-refractivity contribution in [2.24, 2.45) is 0 Å². The third kappa shape index (κ3) is 5.14. The lowest BCUT2D eigenvalue weighted by atomic mass is 10.1. The van der Waals surface area contributed by atoms with Gasteiger partial charge in [-0.3, -0.25) is 4.79 Å². The summed E-state index contributed by atoms with van der Waals surface area (Å²) in [6.45, 7) is 4.77. The summed E-state index contributed by atoms with van der Waals surface area (Å²) in [5.41, 5.74) is 1.21. The quantitative estimate of drug-likeness (QED) is 0.875. The van der Waals surface area contributed by atoms with E-state index in [0.29, 0.717) is 12.5 Å². The average Bonchev–Trinajstić information content (AvgIpc) is 2.92. The lowest BCUT2D eigenvalue weighted by molar-refractivity contribution is -0.132. The number of carbonyl (C=O) groups is 1. The maximum absolute atomic E-state index is 12.4. The van der Waals surface area contributed by atoms with Crippen LogP contribution < -0.4 is 5.32 Å². The van der Waals surface area contributed by atoms with Crippen molar-refractivity contribution in [3.63, 3.8) is 0 Å². The molecule has 20 heavy (non-hydrogen) atoms. The number of benzene rings is 1. The summed E-state index contributed by atoms with van der Waals surface area (Å²) in [7, 11) is 0. The Hall–Kier alpha value is -1.06. The zero-order valence-corrected chi connectivity index (χ0v) is 13.0. The maximum atomic E-state index is 12.4. The van der Waals surface area contributed by atoms with Crippen LogP contribution in [0.4, 0.5) is 0 Å². The van der Waals surface area contributed by atoms with Gasteiger partial charge in [-0.2, -0.15) is 0 Å². The Kier molecular flexibility index (Phi) is 7.63. The molecular weight excluding hydrogens is 272 g/mol. The van der Waals surface area contributed by atoms with Crippen molar-refractivity contribution in [1.29, 1.82) is 0 Å². The Morgan fingerprint density at radius 2 is 2.10 bits per heavy atom. The van der Waals surface area contributed by atoms with E-state index in [-0.39, 0.29) is 18.3 Å². The summed E-state index contributed by atoms with van der Waals surface area (Å²) in [5.74, 6) is 0.283. The van der Waals surface area contributed by atoms with Crippen LogP contribution in [0.2, 0.25) is 0 Å². The van der Waals surface area contributed by atoms with Crippen LogP contribution in [0.1, 0.15) is 38.2 Å². The van der Waals surface area contributed by atoms with Crippen LogP contribution in [0, 0.1) is 0 Å². The molecule has 1 N–H and O–H groups in total.